The fourth-order valence-electron chi connectivity index (χ4n) is 5.75. The van der Waals surface area contributed by atoms with E-state index in [1.54, 1.807) is 4.90 Å². The highest BCUT2D eigenvalue weighted by molar-refractivity contribution is 6.30. The van der Waals surface area contributed by atoms with Gasteiger partial charge in [0.05, 0.1) is 30.2 Å². The fraction of sp³-hybridized carbons (Fsp3) is 0.519. The predicted molar refractivity (Wildman–Crippen MR) is 141 cm³/mol. The molecule has 2 aromatic heterocycles. The van der Waals surface area contributed by atoms with Gasteiger partial charge in [0.1, 0.15) is 11.6 Å². The molecule has 10 heteroatoms. The van der Waals surface area contributed by atoms with Gasteiger partial charge in [0.15, 0.2) is 5.82 Å². The predicted octanol–water partition coefficient (Wildman–Crippen LogP) is 5.41. The summed E-state index contributed by atoms with van der Waals surface area (Å²) >= 11 is 6.34. The summed E-state index contributed by atoms with van der Waals surface area (Å²) < 4.78 is 31.6. The first kappa shape index (κ1) is 24.6. The highest BCUT2D eigenvalue weighted by Gasteiger charge is 2.48. The Morgan fingerprint density at radius 2 is 1.84 bits per heavy atom. The van der Waals surface area contributed by atoms with Crippen LogP contribution in [0.25, 0.3) is 5.69 Å². The van der Waals surface area contributed by atoms with Gasteiger partial charge in [-0.3, -0.25) is 9.47 Å². The number of alkyl halides is 2. The second kappa shape index (κ2) is 9.51. The zero-order valence-corrected chi connectivity index (χ0v) is 22.0. The molecule has 6 rings (SSSR count). The van der Waals surface area contributed by atoms with E-state index < -0.39 is 11.8 Å². The van der Waals surface area contributed by atoms with Gasteiger partial charge >= 0.3 is 0 Å². The zero-order chi connectivity index (χ0) is 25.7. The number of piperidine rings is 1. The Kier molecular flexibility index (Phi) is 6.31. The number of pyridine rings is 1. The fourth-order valence-corrected chi connectivity index (χ4v) is 5.95. The van der Waals surface area contributed by atoms with E-state index in [2.05, 4.69) is 37.1 Å². The van der Waals surface area contributed by atoms with E-state index in [4.69, 9.17) is 16.6 Å². The largest absolute Gasteiger partial charge is 0.387 e. The lowest BCUT2D eigenvalue weighted by molar-refractivity contribution is -0.0558. The topological polar surface area (TPSA) is 62.1 Å². The Morgan fingerprint density at radius 3 is 2.54 bits per heavy atom. The van der Waals surface area contributed by atoms with Crippen LogP contribution in [0.1, 0.15) is 54.5 Å². The maximum absolute atomic E-state index is 14.8. The number of anilines is 2. The van der Waals surface area contributed by atoms with Crippen molar-refractivity contribution in [3.63, 3.8) is 0 Å². The van der Waals surface area contributed by atoms with E-state index in [1.165, 1.54) is 0 Å². The Morgan fingerprint density at radius 1 is 1.05 bits per heavy atom. The molecule has 1 saturated heterocycles. The third-order valence-corrected chi connectivity index (χ3v) is 8.17. The maximum Gasteiger partial charge on any atom is 0.263 e. The second-order valence-electron chi connectivity index (χ2n) is 10.6. The summed E-state index contributed by atoms with van der Waals surface area (Å²) in [5, 5.41) is 12.9. The Bertz CT molecular complexity index is 1300. The lowest BCUT2D eigenvalue weighted by Crippen LogP contribution is -2.37. The first-order chi connectivity index (χ1) is 17.8. The lowest BCUT2D eigenvalue weighted by Gasteiger charge is -2.33. The van der Waals surface area contributed by atoms with Gasteiger partial charge in [-0.25, -0.2) is 13.8 Å². The molecule has 0 radical (unpaired) electrons. The van der Waals surface area contributed by atoms with Crippen molar-refractivity contribution in [2.24, 2.45) is 5.92 Å². The molecule has 1 aromatic carbocycles. The second-order valence-corrected chi connectivity index (χ2v) is 11.0. The number of nitrogens with one attached hydrogen (secondary N) is 1. The van der Waals surface area contributed by atoms with Crippen molar-refractivity contribution in [3.8, 4) is 5.69 Å². The molecule has 196 valence electrons. The molecular weight excluding hydrogens is 496 g/mol. The van der Waals surface area contributed by atoms with Gasteiger partial charge in [-0.2, -0.15) is 0 Å². The minimum atomic E-state index is -2.69. The molecule has 1 aliphatic carbocycles. The molecule has 7 nitrogen and oxygen atoms in total. The SMILES string of the molecule is CNc1ccc(N2CCC(c3nnc4n3-c3ccc(Cl)cc3CN(CC(F)(F)C3CC3)C4)CC2)nc1C. The Labute approximate surface area is 220 Å². The summed E-state index contributed by atoms with van der Waals surface area (Å²) in [6, 6.07) is 9.86. The van der Waals surface area contributed by atoms with Crippen molar-refractivity contribution in [1.29, 1.82) is 0 Å². The number of nitrogens with zero attached hydrogens (tertiary/aromatic N) is 6. The number of halogens is 3. The van der Waals surface area contributed by atoms with Crippen LogP contribution in [0.4, 0.5) is 20.3 Å². The van der Waals surface area contributed by atoms with Crippen LogP contribution in [0, 0.1) is 12.8 Å². The normalized spacial score (nSPS) is 18.9. The van der Waals surface area contributed by atoms with Gasteiger partial charge in [0.25, 0.3) is 5.92 Å². The summed E-state index contributed by atoms with van der Waals surface area (Å²) in [7, 11) is 1.90. The van der Waals surface area contributed by atoms with E-state index in [-0.39, 0.29) is 12.5 Å². The molecule has 0 atom stereocenters. The third-order valence-electron chi connectivity index (χ3n) is 7.93. The van der Waals surface area contributed by atoms with E-state index in [9.17, 15) is 8.78 Å². The molecule has 37 heavy (non-hydrogen) atoms. The first-order valence-electron chi connectivity index (χ1n) is 13.1. The average molecular weight is 528 g/mol. The molecule has 2 fully saturated rings. The molecule has 3 aliphatic rings. The number of rotatable bonds is 6. The number of hydrogen-bond donors (Lipinski definition) is 1. The molecule has 1 saturated carbocycles. The van der Waals surface area contributed by atoms with Gasteiger partial charge in [0, 0.05) is 43.5 Å². The molecule has 0 amide bonds. The molecule has 3 aromatic rings. The minimum Gasteiger partial charge on any atom is -0.387 e. The molecule has 2 aliphatic heterocycles. The van der Waals surface area contributed by atoms with Crippen LogP contribution in [0.2, 0.25) is 5.02 Å². The minimum absolute atomic E-state index is 0.221. The summed E-state index contributed by atoms with van der Waals surface area (Å²) in [5.74, 6) is -0.364. The summed E-state index contributed by atoms with van der Waals surface area (Å²) in [5.41, 5.74) is 3.89. The maximum atomic E-state index is 14.8. The van der Waals surface area contributed by atoms with Crippen molar-refractivity contribution in [1.82, 2.24) is 24.6 Å². The molecule has 0 unspecified atom stereocenters. The van der Waals surface area contributed by atoms with Crippen LogP contribution in [-0.2, 0) is 13.1 Å². The quantitative estimate of drug-likeness (QED) is 0.462. The van der Waals surface area contributed by atoms with Gasteiger partial charge in [-0.05, 0) is 68.5 Å². The van der Waals surface area contributed by atoms with Crippen molar-refractivity contribution in [2.75, 3.05) is 36.9 Å². The highest BCUT2D eigenvalue weighted by Crippen LogP contribution is 2.44. The zero-order valence-electron chi connectivity index (χ0n) is 21.2. The summed E-state index contributed by atoms with van der Waals surface area (Å²) in [6.45, 7) is 4.22. The highest BCUT2D eigenvalue weighted by atomic mass is 35.5. The van der Waals surface area contributed by atoms with Crippen molar-refractivity contribution in [2.45, 2.75) is 57.5 Å². The first-order valence-corrected chi connectivity index (χ1v) is 13.4. The number of fused-ring (bicyclic) bond motifs is 3. The van der Waals surface area contributed by atoms with E-state index in [0.29, 0.717) is 36.8 Å². The molecule has 0 bridgehead atoms. The van der Waals surface area contributed by atoms with Gasteiger partial charge < -0.3 is 10.2 Å². The van der Waals surface area contributed by atoms with Crippen LogP contribution < -0.4 is 10.2 Å². The van der Waals surface area contributed by atoms with Gasteiger partial charge in [0.2, 0.25) is 0 Å². The molecular formula is C27H32ClF2N7. The van der Waals surface area contributed by atoms with Crippen molar-refractivity contribution in [3.05, 3.63) is 58.3 Å². The van der Waals surface area contributed by atoms with E-state index >= 15 is 0 Å². The van der Waals surface area contributed by atoms with Crippen LogP contribution >= 0.6 is 11.6 Å². The van der Waals surface area contributed by atoms with Gasteiger partial charge in [-0.15, -0.1) is 10.2 Å². The van der Waals surface area contributed by atoms with E-state index in [0.717, 1.165) is 60.2 Å². The third kappa shape index (κ3) is 4.79. The Hall–Kier alpha value is -2.78. The van der Waals surface area contributed by atoms with Crippen molar-refractivity contribution >= 4 is 23.1 Å². The van der Waals surface area contributed by atoms with Crippen LogP contribution in [0.15, 0.2) is 30.3 Å². The average Bonchev–Trinajstić information content (AvgIpc) is 3.68. The van der Waals surface area contributed by atoms with Crippen LogP contribution in [0.5, 0.6) is 0 Å². The summed E-state index contributed by atoms with van der Waals surface area (Å²) in [6.07, 6.45) is 3.05. The van der Waals surface area contributed by atoms with Gasteiger partial charge in [-0.1, -0.05) is 11.6 Å². The number of aryl methyl sites for hydroxylation is 1. The van der Waals surface area contributed by atoms with Crippen LogP contribution in [-0.4, -0.2) is 57.3 Å². The van der Waals surface area contributed by atoms with Crippen LogP contribution in [0.3, 0.4) is 0 Å². The lowest BCUT2D eigenvalue weighted by atomic mass is 9.95. The smallest absolute Gasteiger partial charge is 0.263 e. The number of hydrogen-bond acceptors (Lipinski definition) is 6. The standard InChI is InChI=1S/C27H32ClF2N7/c1-17-22(31-2)6-8-24(32-17)36-11-9-18(10-12-36)26-34-33-25-15-35(16-27(29,30)20-3-4-20)14-19-13-21(28)5-7-23(19)37(25)26/h5-8,13,18,20,31H,3-4,9-12,14-16H2,1-2H3. The van der Waals surface area contributed by atoms with Crippen molar-refractivity contribution < 1.29 is 8.78 Å². The number of aromatic nitrogens is 4. The Balaban J connectivity index is 1.26. The monoisotopic (exact) mass is 527 g/mol. The summed E-state index contributed by atoms with van der Waals surface area (Å²) in [4.78, 5) is 8.90. The molecule has 0 spiro atoms. The molecule has 1 N–H and O–H groups in total. The molecule has 4 heterocycles. The number of benzene rings is 1. The van der Waals surface area contributed by atoms with E-state index in [1.807, 2.05) is 32.2 Å².